The molecule has 2 N–H and O–H groups in total. The maximum absolute atomic E-state index is 11.7. The molecule has 0 aliphatic heterocycles. The fourth-order valence-corrected chi connectivity index (χ4v) is 1.52. The Morgan fingerprint density at radius 2 is 2.06 bits per heavy atom. The highest BCUT2D eigenvalue weighted by Crippen LogP contribution is 2.13. The molecule has 1 aromatic carbocycles. The largest absolute Gasteiger partial charge is 0.344 e. The Hall–Kier alpha value is -2.17. The molecule has 1 unspecified atom stereocenters. The van der Waals surface area contributed by atoms with Crippen LogP contribution in [0.15, 0.2) is 30.5 Å². The van der Waals surface area contributed by atoms with Crippen LogP contribution in [0.5, 0.6) is 0 Å². The van der Waals surface area contributed by atoms with Gasteiger partial charge < -0.3 is 5.32 Å². The van der Waals surface area contributed by atoms with E-state index >= 15 is 0 Å². The van der Waals surface area contributed by atoms with Crippen LogP contribution >= 0.6 is 0 Å². The normalized spacial score (nSPS) is 12.1. The Kier molecular flexibility index (Phi) is 3.18. The summed E-state index contributed by atoms with van der Waals surface area (Å²) in [5.74, 6) is -0.230. The SMILES string of the molecule is Cc1ccc(C(C)NC(=O)c2cn[nH]n2)cc1. The van der Waals surface area contributed by atoms with Crippen LogP contribution in [0.1, 0.15) is 34.6 Å². The van der Waals surface area contributed by atoms with Gasteiger partial charge in [0.15, 0.2) is 5.69 Å². The molecule has 5 nitrogen and oxygen atoms in total. The summed E-state index contributed by atoms with van der Waals surface area (Å²) in [6.07, 6.45) is 1.40. The molecule has 0 saturated carbocycles. The maximum Gasteiger partial charge on any atom is 0.273 e. The second kappa shape index (κ2) is 4.78. The summed E-state index contributed by atoms with van der Waals surface area (Å²) in [5.41, 5.74) is 2.56. The van der Waals surface area contributed by atoms with Gasteiger partial charge in [-0.3, -0.25) is 4.79 Å². The van der Waals surface area contributed by atoms with Crippen LogP contribution in [-0.2, 0) is 0 Å². The van der Waals surface area contributed by atoms with Crippen molar-refractivity contribution in [3.63, 3.8) is 0 Å². The van der Waals surface area contributed by atoms with E-state index in [1.165, 1.54) is 11.8 Å². The number of H-pyrrole nitrogens is 1. The Labute approximate surface area is 99.2 Å². The standard InChI is InChI=1S/C12H14N4O/c1-8-3-5-10(6-4-8)9(2)14-12(17)11-7-13-16-15-11/h3-7,9H,1-2H3,(H,14,17)(H,13,15,16). The number of amides is 1. The molecule has 17 heavy (non-hydrogen) atoms. The number of nitrogens with zero attached hydrogens (tertiary/aromatic N) is 2. The van der Waals surface area contributed by atoms with Crippen LogP contribution in [0, 0.1) is 6.92 Å². The minimum absolute atomic E-state index is 0.0557. The van der Waals surface area contributed by atoms with Crippen LogP contribution in [0.3, 0.4) is 0 Å². The van der Waals surface area contributed by atoms with E-state index in [0.717, 1.165) is 5.56 Å². The number of carbonyl (C=O) groups is 1. The third-order valence-electron chi connectivity index (χ3n) is 2.57. The van der Waals surface area contributed by atoms with E-state index in [1.807, 2.05) is 38.1 Å². The summed E-state index contributed by atoms with van der Waals surface area (Å²) in [7, 11) is 0. The molecule has 0 fully saturated rings. The number of aromatic nitrogens is 3. The number of benzene rings is 1. The Morgan fingerprint density at radius 3 is 2.65 bits per heavy atom. The van der Waals surface area contributed by atoms with Crippen molar-refractivity contribution in [3.8, 4) is 0 Å². The fraction of sp³-hybridized carbons (Fsp3) is 0.250. The lowest BCUT2D eigenvalue weighted by molar-refractivity contribution is 0.0935. The molecule has 0 spiro atoms. The minimum atomic E-state index is -0.230. The lowest BCUT2D eigenvalue weighted by atomic mass is 10.1. The molecule has 88 valence electrons. The van der Waals surface area contributed by atoms with Crippen molar-refractivity contribution >= 4 is 5.91 Å². The number of aromatic amines is 1. The average Bonchev–Trinajstić information content (AvgIpc) is 2.83. The van der Waals surface area contributed by atoms with Gasteiger partial charge in [0, 0.05) is 0 Å². The molecule has 1 heterocycles. The summed E-state index contributed by atoms with van der Waals surface area (Å²) >= 11 is 0. The van der Waals surface area contributed by atoms with Crippen molar-refractivity contribution < 1.29 is 4.79 Å². The molecular weight excluding hydrogens is 216 g/mol. The molecular formula is C12H14N4O. The number of hydrogen-bond acceptors (Lipinski definition) is 3. The van der Waals surface area contributed by atoms with Crippen LogP contribution in [0.25, 0.3) is 0 Å². The van der Waals surface area contributed by atoms with Gasteiger partial charge in [-0.2, -0.15) is 15.4 Å². The third-order valence-corrected chi connectivity index (χ3v) is 2.57. The first-order valence-corrected chi connectivity index (χ1v) is 5.40. The highest BCUT2D eigenvalue weighted by atomic mass is 16.2. The first-order valence-electron chi connectivity index (χ1n) is 5.40. The van der Waals surface area contributed by atoms with Gasteiger partial charge in [-0.25, -0.2) is 0 Å². The second-order valence-corrected chi connectivity index (χ2v) is 3.96. The van der Waals surface area contributed by atoms with Crippen LogP contribution in [0.4, 0.5) is 0 Å². The molecule has 2 rings (SSSR count). The highest BCUT2D eigenvalue weighted by Gasteiger charge is 2.12. The summed E-state index contributed by atoms with van der Waals surface area (Å²) in [6.45, 7) is 3.96. The van der Waals surface area contributed by atoms with Gasteiger partial charge in [0.05, 0.1) is 12.2 Å². The van der Waals surface area contributed by atoms with E-state index in [1.54, 1.807) is 0 Å². The van der Waals surface area contributed by atoms with Crippen molar-refractivity contribution in [1.29, 1.82) is 0 Å². The molecule has 0 aliphatic rings. The minimum Gasteiger partial charge on any atom is -0.344 e. The van der Waals surface area contributed by atoms with Gasteiger partial charge in [-0.05, 0) is 19.4 Å². The van der Waals surface area contributed by atoms with Gasteiger partial charge in [0.1, 0.15) is 0 Å². The van der Waals surface area contributed by atoms with E-state index in [0.29, 0.717) is 5.69 Å². The summed E-state index contributed by atoms with van der Waals surface area (Å²) in [6, 6.07) is 7.99. The van der Waals surface area contributed by atoms with Crippen molar-refractivity contribution in [2.45, 2.75) is 19.9 Å². The van der Waals surface area contributed by atoms with Gasteiger partial charge in [-0.15, -0.1) is 0 Å². The van der Waals surface area contributed by atoms with Gasteiger partial charge in [-0.1, -0.05) is 29.8 Å². The van der Waals surface area contributed by atoms with Crippen molar-refractivity contribution in [1.82, 2.24) is 20.7 Å². The van der Waals surface area contributed by atoms with Crippen LogP contribution in [0.2, 0.25) is 0 Å². The van der Waals surface area contributed by atoms with Gasteiger partial charge in [0.25, 0.3) is 5.91 Å². The Bertz CT molecular complexity index is 490. The smallest absolute Gasteiger partial charge is 0.273 e. The number of rotatable bonds is 3. The van der Waals surface area contributed by atoms with E-state index in [-0.39, 0.29) is 11.9 Å². The van der Waals surface area contributed by atoms with Crippen molar-refractivity contribution in [2.24, 2.45) is 0 Å². The molecule has 1 atom stereocenters. The summed E-state index contributed by atoms with van der Waals surface area (Å²) < 4.78 is 0. The zero-order valence-corrected chi connectivity index (χ0v) is 9.77. The van der Waals surface area contributed by atoms with Gasteiger partial charge >= 0.3 is 0 Å². The summed E-state index contributed by atoms with van der Waals surface area (Å²) in [4.78, 5) is 11.7. The molecule has 0 saturated heterocycles. The number of hydrogen-bond donors (Lipinski definition) is 2. The van der Waals surface area contributed by atoms with Crippen molar-refractivity contribution in [3.05, 3.63) is 47.3 Å². The maximum atomic E-state index is 11.7. The van der Waals surface area contributed by atoms with Gasteiger partial charge in [0.2, 0.25) is 0 Å². The predicted octanol–water partition coefficient (Wildman–Crippen LogP) is 1.60. The number of nitrogens with one attached hydrogen (secondary N) is 2. The Balaban J connectivity index is 2.04. The predicted molar refractivity (Wildman–Crippen MR) is 63.4 cm³/mol. The van der Waals surface area contributed by atoms with E-state index < -0.39 is 0 Å². The zero-order chi connectivity index (χ0) is 12.3. The van der Waals surface area contributed by atoms with E-state index in [4.69, 9.17) is 0 Å². The lowest BCUT2D eigenvalue weighted by Gasteiger charge is -2.13. The highest BCUT2D eigenvalue weighted by molar-refractivity contribution is 5.92. The van der Waals surface area contributed by atoms with Crippen molar-refractivity contribution in [2.75, 3.05) is 0 Å². The quantitative estimate of drug-likeness (QED) is 0.841. The third kappa shape index (κ3) is 2.69. The second-order valence-electron chi connectivity index (χ2n) is 3.96. The first kappa shape index (κ1) is 11.3. The molecule has 2 aromatic rings. The monoisotopic (exact) mass is 230 g/mol. The molecule has 5 heteroatoms. The Morgan fingerprint density at radius 1 is 1.35 bits per heavy atom. The number of aryl methyl sites for hydroxylation is 1. The summed E-state index contributed by atoms with van der Waals surface area (Å²) in [5, 5.41) is 12.6. The average molecular weight is 230 g/mol. The molecule has 0 bridgehead atoms. The first-order chi connectivity index (χ1) is 8.16. The number of carbonyl (C=O) groups excluding carboxylic acids is 1. The topological polar surface area (TPSA) is 70.7 Å². The van der Waals surface area contributed by atoms with E-state index in [2.05, 4.69) is 20.7 Å². The van der Waals surface area contributed by atoms with E-state index in [9.17, 15) is 4.79 Å². The lowest BCUT2D eigenvalue weighted by Crippen LogP contribution is -2.26. The molecule has 1 amide bonds. The zero-order valence-electron chi connectivity index (χ0n) is 9.77. The molecule has 0 aliphatic carbocycles. The fourth-order valence-electron chi connectivity index (χ4n) is 1.52. The molecule has 0 radical (unpaired) electrons. The van der Waals surface area contributed by atoms with Crippen LogP contribution in [-0.4, -0.2) is 21.3 Å². The van der Waals surface area contributed by atoms with Crippen LogP contribution < -0.4 is 5.32 Å². The molecule has 1 aromatic heterocycles.